The minimum Gasteiger partial charge on any atom is -0.444 e. The smallest absolute Gasteiger partial charge is 0.410 e. The molecular formula is C17H20ClN5O2. The minimum atomic E-state index is -0.475. The van der Waals surface area contributed by atoms with Crippen LogP contribution in [0.1, 0.15) is 27.2 Å². The first-order valence-electron chi connectivity index (χ1n) is 8.35. The molecule has 0 spiro atoms. The lowest BCUT2D eigenvalue weighted by Gasteiger charge is -2.56. The number of halogens is 1. The number of rotatable bonds is 1. The van der Waals surface area contributed by atoms with Crippen molar-refractivity contribution in [3.05, 3.63) is 23.6 Å². The standard InChI is InChI=1S/C17H20ClN5O2/c1-17(2,3)25-16(24)23-10-6-11(23)8-22(7-10)13-5-4-12-14(21-13)15(18)20-9-19-12/h4-5,9-11H,6-8H2,1-3H3. The van der Waals surface area contributed by atoms with Crippen molar-refractivity contribution in [1.82, 2.24) is 19.9 Å². The molecule has 3 aliphatic rings. The molecule has 3 fully saturated rings. The maximum atomic E-state index is 12.4. The average molecular weight is 362 g/mol. The Morgan fingerprint density at radius 3 is 2.64 bits per heavy atom. The Morgan fingerprint density at radius 2 is 1.96 bits per heavy atom. The normalized spacial score (nSPS) is 22.7. The molecule has 0 saturated carbocycles. The first-order valence-corrected chi connectivity index (χ1v) is 8.73. The molecule has 2 aromatic heterocycles. The zero-order valence-electron chi connectivity index (χ0n) is 14.4. The van der Waals surface area contributed by atoms with Gasteiger partial charge in [-0.3, -0.25) is 4.90 Å². The zero-order valence-corrected chi connectivity index (χ0v) is 15.2. The summed E-state index contributed by atoms with van der Waals surface area (Å²) in [5, 5.41) is 0.351. The van der Waals surface area contributed by atoms with Crippen LogP contribution in [0.25, 0.3) is 11.0 Å². The van der Waals surface area contributed by atoms with Crippen molar-refractivity contribution >= 4 is 34.5 Å². The molecular weight excluding hydrogens is 342 g/mol. The number of pyridine rings is 1. The van der Waals surface area contributed by atoms with E-state index in [0.717, 1.165) is 30.8 Å². The summed E-state index contributed by atoms with van der Waals surface area (Å²) >= 11 is 6.13. The highest BCUT2D eigenvalue weighted by atomic mass is 35.5. The SMILES string of the molecule is CC(C)(C)OC(=O)N1C2CC1CN(c1ccc3ncnc(Cl)c3n1)C2. The third kappa shape index (κ3) is 2.97. The number of piperazine rings is 1. The van der Waals surface area contributed by atoms with Crippen LogP contribution in [-0.4, -0.2) is 56.7 Å². The highest BCUT2D eigenvalue weighted by molar-refractivity contribution is 6.33. The van der Waals surface area contributed by atoms with E-state index in [1.165, 1.54) is 6.33 Å². The number of carbonyl (C=O) groups excluding carboxylic acids is 1. The van der Waals surface area contributed by atoms with Gasteiger partial charge in [-0.15, -0.1) is 0 Å². The highest BCUT2D eigenvalue weighted by Crippen LogP contribution is 2.35. The molecule has 5 heterocycles. The fraction of sp³-hybridized carbons (Fsp3) is 0.529. The Balaban J connectivity index is 1.51. The van der Waals surface area contributed by atoms with Gasteiger partial charge in [0.05, 0.1) is 17.6 Å². The van der Waals surface area contributed by atoms with E-state index in [4.69, 9.17) is 16.3 Å². The van der Waals surface area contributed by atoms with Crippen molar-refractivity contribution < 1.29 is 9.53 Å². The number of amides is 1. The van der Waals surface area contributed by atoms with E-state index in [1.54, 1.807) is 0 Å². The Kier molecular flexibility index (Phi) is 3.72. The van der Waals surface area contributed by atoms with E-state index in [9.17, 15) is 4.79 Å². The second-order valence-electron chi connectivity index (χ2n) is 7.54. The van der Waals surface area contributed by atoms with Gasteiger partial charge in [0.1, 0.15) is 23.3 Å². The van der Waals surface area contributed by atoms with Gasteiger partial charge in [0.15, 0.2) is 5.15 Å². The molecule has 2 atom stereocenters. The van der Waals surface area contributed by atoms with E-state index in [1.807, 2.05) is 37.8 Å². The molecule has 5 rings (SSSR count). The number of anilines is 1. The van der Waals surface area contributed by atoms with Crippen molar-refractivity contribution in [3.8, 4) is 0 Å². The van der Waals surface area contributed by atoms with Gasteiger partial charge in [-0.05, 0) is 39.3 Å². The molecule has 1 amide bonds. The van der Waals surface area contributed by atoms with E-state index < -0.39 is 5.60 Å². The van der Waals surface area contributed by atoms with Crippen LogP contribution in [0.5, 0.6) is 0 Å². The van der Waals surface area contributed by atoms with Gasteiger partial charge in [-0.2, -0.15) is 0 Å². The molecule has 3 saturated heterocycles. The van der Waals surface area contributed by atoms with Crippen LogP contribution in [0.3, 0.4) is 0 Å². The predicted molar refractivity (Wildman–Crippen MR) is 94.8 cm³/mol. The molecule has 2 aromatic rings. The molecule has 8 heteroatoms. The third-order valence-electron chi connectivity index (χ3n) is 4.54. The molecule has 25 heavy (non-hydrogen) atoms. The molecule has 132 valence electrons. The predicted octanol–water partition coefficient (Wildman–Crippen LogP) is 2.88. The van der Waals surface area contributed by atoms with Gasteiger partial charge in [-0.25, -0.2) is 19.7 Å². The largest absolute Gasteiger partial charge is 0.444 e. The van der Waals surface area contributed by atoms with E-state index >= 15 is 0 Å². The third-order valence-corrected chi connectivity index (χ3v) is 4.82. The summed E-state index contributed by atoms with van der Waals surface area (Å²) in [6, 6.07) is 4.16. The summed E-state index contributed by atoms with van der Waals surface area (Å²) < 4.78 is 5.51. The fourth-order valence-electron chi connectivity index (χ4n) is 3.49. The van der Waals surface area contributed by atoms with Crippen molar-refractivity contribution in [2.75, 3.05) is 18.0 Å². The number of hydrogen-bond acceptors (Lipinski definition) is 6. The van der Waals surface area contributed by atoms with Gasteiger partial charge in [0.25, 0.3) is 0 Å². The van der Waals surface area contributed by atoms with Gasteiger partial charge in [0.2, 0.25) is 0 Å². The molecule has 3 aliphatic heterocycles. The van der Waals surface area contributed by atoms with Crippen LogP contribution in [-0.2, 0) is 4.74 Å². The number of fused-ring (bicyclic) bond motifs is 3. The van der Waals surface area contributed by atoms with Gasteiger partial charge < -0.3 is 9.64 Å². The van der Waals surface area contributed by atoms with Crippen molar-refractivity contribution in [3.63, 3.8) is 0 Å². The van der Waals surface area contributed by atoms with E-state index in [2.05, 4.69) is 19.9 Å². The maximum absolute atomic E-state index is 12.4. The second kappa shape index (κ2) is 5.69. The van der Waals surface area contributed by atoms with Gasteiger partial charge in [-0.1, -0.05) is 11.6 Å². The van der Waals surface area contributed by atoms with Crippen LogP contribution in [0.15, 0.2) is 18.5 Å². The molecule has 2 unspecified atom stereocenters. The van der Waals surface area contributed by atoms with Crippen LogP contribution in [0.2, 0.25) is 5.15 Å². The van der Waals surface area contributed by atoms with Crippen molar-refractivity contribution in [2.45, 2.75) is 44.9 Å². The summed E-state index contributed by atoms with van der Waals surface area (Å²) in [6.07, 6.45) is 2.21. The van der Waals surface area contributed by atoms with Crippen LogP contribution in [0, 0.1) is 0 Å². The number of ether oxygens (including phenoxy) is 1. The van der Waals surface area contributed by atoms with E-state index in [-0.39, 0.29) is 18.2 Å². The topological polar surface area (TPSA) is 71.5 Å². The Hall–Kier alpha value is -2.15. The lowest BCUT2D eigenvalue weighted by Crippen LogP contribution is -2.70. The molecule has 2 bridgehead atoms. The summed E-state index contributed by atoms with van der Waals surface area (Å²) in [7, 11) is 0. The summed E-state index contributed by atoms with van der Waals surface area (Å²) in [6.45, 7) is 7.13. The van der Waals surface area contributed by atoms with Crippen molar-refractivity contribution in [1.29, 1.82) is 0 Å². The Bertz CT molecular complexity index is 825. The summed E-state index contributed by atoms with van der Waals surface area (Å²) in [5.41, 5.74) is 0.850. The lowest BCUT2D eigenvalue weighted by molar-refractivity contribution is -0.0380. The molecule has 0 aromatic carbocycles. The molecule has 0 aliphatic carbocycles. The fourth-order valence-corrected chi connectivity index (χ4v) is 3.67. The van der Waals surface area contributed by atoms with Crippen LogP contribution < -0.4 is 4.90 Å². The average Bonchev–Trinajstić information content (AvgIpc) is 2.53. The minimum absolute atomic E-state index is 0.161. The first-order chi connectivity index (χ1) is 11.8. The number of hydrogen-bond donors (Lipinski definition) is 0. The lowest BCUT2D eigenvalue weighted by atomic mass is 9.88. The van der Waals surface area contributed by atoms with Crippen molar-refractivity contribution in [2.24, 2.45) is 0 Å². The van der Waals surface area contributed by atoms with Crippen LogP contribution >= 0.6 is 11.6 Å². The maximum Gasteiger partial charge on any atom is 0.410 e. The van der Waals surface area contributed by atoms with Gasteiger partial charge >= 0.3 is 6.09 Å². The Morgan fingerprint density at radius 1 is 1.24 bits per heavy atom. The summed E-state index contributed by atoms with van der Waals surface area (Å²) in [5.74, 6) is 0.836. The highest BCUT2D eigenvalue weighted by Gasteiger charge is 2.49. The number of nitrogens with zero attached hydrogens (tertiary/aromatic N) is 5. The monoisotopic (exact) mass is 361 g/mol. The molecule has 7 nitrogen and oxygen atoms in total. The summed E-state index contributed by atoms with van der Waals surface area (Å²) in [4.78, 5) is 29.2. The number of piperidine rings is 1. The van der Waals surface area contributed by atoms with Gasteiger partial charge in [0, 0.05) is 13.1 Å². The quantitative estimate of drug-likeness (QED) is 0.727. The molecule has 0 radical (unpaired) electrons. The Labute approximate surface area is 151 Å². The molecule has 0 N–H and O–H groups in total. The number of carbonyl (C=O) groups is 1. The zero-order chi connectivity index (χ0) is 17.8. The first kappa shape index (κ1) is 16.3. The van der Waals surface area contributed by atoms with Crippen LogP contribution in [0.4, 0.5) is 10.6 Å². The van der Waals surface area contributed by atoms with E-state index in [0.29, 0.717) is 10.7 Å². The number of aromatic nitrogens is 3. The second-order valence-corrected chi connectivity index (χ2v) is 7.90.